The summed E-state index contributed by atoms with van der Waals surface area (Å²) in [5, 5.41) is 4.39. The Morgan fingerprint density at radius 2 is 1.76 bits per heavy atom. The van der Waals surface area contributed by atoms with Crippen molar-refractivity contribution >= 4 is 23.3 Å². The summed E-state index contributed by atoms with van der Waals surface area (Å²) in [4.78, 5) is 39.0. The summed E-state index contributed by atoms with van der Waals surface area (Å²) in [6.07, 6.45) is 0.479. The zero-order valence-corrected chi connectivity index (χ0v) is 15.8. The number of aromatic nitrogens is 2. The number of ether oxygens (including phenoxy) is 1. The molecule has 0 unspecified atom stereocenters. The highest BCUT2D eigenvalue weighted by atomic mass is 16.5. The van der Waals surface area contributed by atoms with Crippen LogP contribution in [0.2, 0.25) is 0 Å². The average molecular weight is 389 g/mol. The Morgan fingerprint density at radius 3 is 2.52 bits per heavy atom. The standard InChI is InChI=1S/C22H19N3O4/c1-29-22(28)18-13-16-9-5-6-10-17(16)25(18)20-11-12-21(27)24(23-20)14-19(26)15-7-3-2-4-8-15/h2-12,18H,13-14H2,1H3/t18-/m0/s1. The summed E-state index contributed by atoms with van der Waals surface area (Å²) in [6.45, 7) is -0.185. The number of ketones is 1. The Morgan fingerprint density at radius 1 is 1.03 bits per heavy atom. The van der Waals surface area contributed by atoms with Crippen LogP contribution in [0.25, 0.3) is 0 Å². The lowest BCUT2D eigenvalue weighted by Crippen LogP contribution is -2.38. The van der Waals surface area contributed by atoms with Crippen molar-refractivity contribution < 1.29 is 14.3 Å². The number of rotatable bonds is 5. The Bertz CT molecular complexity index is 1120. The largest absolute Gasteiger partial charge is 0.467 e. The minimum Gasteiger partial charge on any atom is -0.467 e. The molecule has 0 radical (unpaired) electrons. The van der Waals surface area contributed by atoms with Gasteiger partial charge in [-0.05, 0) is 17.7 Å². The Hall–Kier alpha value is -3.74. The van der Waals surface area contributed by atoms with E-state index in [4.69, 9.17) is 4.74 Å². The Kier molecular flexibility index (Phi) is 4.95. The average Bonchev–Trinajstić information content (AvgIpc) is 3.15. The molecule has 0 bridgehead atoms. The van der Waals surface area contributed by atoms with Crippen LogP contribution in [-0.4, -0.2) is 34.7 Å². The Balaban J connectivity index is 1.71. The highest BCUT2D eigenvalue weighted by molar-refractivity contribution is 5.95. The summed E-state index contributed by atoms with van der Waals surface area (Å²) in [5.41, 5.74) is 1.93. The molecule has 0 saturated carbocycles. The SMILES string of the molecule is COC(=O)[C@@H]1Cc2ccccc2N1c1ccc(=O)n(CC(=O)c2ccccc2)n1. The van der Waals surface area contributed by atoms with Crippen molar-refractivity contribution in [1.29, 1.82) is 0 Å². The lowest BCUT2D eigenvalue weighted by molar-refractivity contribution is -0.141. The molecule has 2 heterocycles. The van der Waals surface area contributed by atoms with Gasteiger partial charge in [-0.3, -0.25) is 9.59 Å². The third kappa shape index (κ3) is 3.54. The van der Waals surface area contributed by atoms with Crippen LogP contribution in [0, 0.1) is 0 Å². The van der Waals surface area contributed by atoms with E-state index in [1.165, 1.54) is 13.2 Å². The summed E-state index contributed by atoms with van der Waals surface area (Å²) in [5.74, 6) is -0.199. The fourth-order valence-electron chi connectivity index (χ4n) is 3.53. The van der Waals surface area contributed by atoms with Crippen molar-refractivity contribution in [2.24, 2.45) is 0 Å². The second kappa shape index (κ2) is 7.71. The van der Waals surface area contributed by atoms with Gasteiger partial charge in [-0.2, -0.15) is 5.10 Å². The molecular weight excluding hydrogens is 370 g/mol. The predicted octanol–water partition coefficient (Wildman–Crippen LogP) is 2.36. The fourth-order valence-corrected chi connectivity index (χ4v) is 3.53. The predicted molar refractivity (Wildman–Crippen MR) is 107 cm³/mol. The number of carbonyl (C=O) groups excluding carboxylic acids is 2. The molecular formula is C22H19N3O4. The maximum atomic E-state index is 12.5. The van der Waals surface area contributed by atoms with Crippen LogP contribution in [0.15, 0.2) is 71.5 Å². The molecule has 0 saturated heterocycles. The van der Waals surface area contributed by atoms with Gasteiger partial charge in [0, 0.05) is 23.7 Å². The number of esters is 1. The fraction of sp³-hybridized carbons (Fsp3) is 0.182. The van der Waals surface area contributed by atoms with E-state index in [-0.39, 0.29) is 23.9 Å². The van der Waals surface area contributed by atoms with E-state index in [1.807, 2.05) is 30.3 Å². The van der Waals surface area contributed by atoms with Crippen molar-refractivity contribution in [1.82, 2.24) is 9.78 Å². The van der Waals surface area contributed by atoms with E-state index in [1.54, 1.807) is 35.2 Å². The van der Waals surface area contributed by atoms with Crippen molar-refractivity contribution in [2.45, 2.75) is 19.0 Å². The van der Waals surface area contributed by atoms with Crippen molar-refractivity contribution in [3.8, 4) is 0 Å². The third-order valence-electron chi connectivity index (χ3n) is 4.94. The van der Waals surface area contributed by atoms with Crippen LogP contribution in [-0.2, 0) is 22.5 Å². The number of benzene rings is 2. The number of Topliss-reactive ketones (excluding diaryl/α,β-unsaturated/α-hetero) is 1. The molecule has 1 aliphatic heterocycles. The molecule has 1 atom stereocenters. The topological polar surface area (TPSA) is 81.5 Å². The molecule has 7 nitrogen and oxygen atoms in total. The van der Waals surface area contributed by atoms with Gasteiger partial charge in [-0.1, -0.05) is 48.5 Å². The monoisotopic (exact) mass is 389 g/mol. The molecule has 0 fully saturated rings. The minimum atomic E-state index is -0.583. The van der Waals surface area contributed by atoms with Crippen LogP contribution in [0.4, 0.5) is 11.5 Å². The second-order valence-corrected chi connectivity index (χ2v) is 6.72. The van der Waals surface area contributed by atoms with Crippen LogP contribution in [0.5, 0.6) is 0 Å². The third-order valence-corrected chi connectivity index (χ3v) is 4.94. The number of nitrogens with zero attached hydrogens (tertiary/aromatic N) is 3. The van der Waals surface area contributed by atoms with Crippen molar-refractivity contribution in [3.63, 3.8) is 0 Å². The maximum absolute atomic E-state index is 12.5. The number of hydrogen-bond donors (Lipinski definition) is 0. The number of para-hydroxylation sites is 1. The van der Waals surface area contributed by atoms with Gasteiger partial charge in [-0.25, -0.2) is 9.48 Å². The Labute approximate surface area is 167 Å². The quantitative estimate of drug-likeness (QED) is 0.492. The van der Waals surface area contributed by atoms with Crippen molar-refractivity contribution in [3.05, 3.63) is 88.2 Å². The van der Waals surface area contributed by atoms with Gasteiger partial charge in [0.05, 0.1) is 7.11 Å². The first kappa shape index (κ1) is 18.6. The van der Waals surface area contributed by atoms with Crippen LogP contribution in [0.1, 0.15) is 15.9 Å². The molecule has 0 aliphatic carbocycles. The summed E-state index contributed by atoms with van der Waals surface area (Å²) >= 11 is 0. The van der Waals surface area contributed by atoms with Gasteiger partial charge in [-0.15, -0.1) is 0 Å². The molecule has 4 rings (SSSR count). The van der Waals surface area contributed by atoms with Crippen LogP contribution in [0.3, 0.4) is 0 Å². The summed E-state index contributed by atoms with van der Waals surface area (Å²) < 4.78 is 6.09. The molecule has 0 spiro atoms. The molecule has 1 aromatic heterocycles. The second-order valence-electron chi connectivity index (χ2n) is 6.72. The molecule has 7 heteroatoms. The van der Waals surface area contributed by atoms with Gasteiger partial charge in [0.2, 0.25) is 0 Å². The van der Waals surface area contributed by atoms with Crippen molar-refractivity contribution in [2.75, 3.05) is 12.0 Å². The summed E-state index contributed by atoms with van der Waals surface area (Å²) in [7, 11) is 1.34. The highest BCUT2D eigenvalue weighted by Crippen LogP contribution is 2.37. The number of fused-ring (bicyclic) bond motifs is 1. The van der Waals surface area contributed by atoms with Crippen LogP contribution < -0.4 is 10.5 Å². The summed E-state index contributed by atoms with van der Waals surface area (Å²) in [6, 6.07) is 18.7. The number of anilines is 2. The lowest BCUT2D eigenvalue weighted by Gasteiger charge is -2.25. The zero-order chi connectivity index (χ0) is 20.4. The van der Waals surface area contributed by atoms with E-state index in [0.29, 0.717) is 17.8 Å². The zero-order valence-electron chi connectivity index (χ0n) is 15.8. The van der Waals surface area contributed by atoms with E-state index in [0.717, 1.165) is 15.9 Å². The maximum Gasteiger partial charge on any atom is 0.329 e. The van der Waals surface area contributed by atoms with E-state index in [9.17, 15) is 14.4 Å². The molecule has 0 amide bonds. The first-order valence-electron chi connectivity index (χ1n) is 9.20. The number of methoxy groups -OCH3 is 1. The van der Waals surface area contributed by atoms with Gasteiger partial charge in [0.1, 0.15) is 12.6 Å². The first-order valence-corrected chi connectivity index (χ1v) is 9.20. The molecule has 1 aliphatic rings. The van der Waals surface area contributed by atoms with Gasteiger partial charge in [0.15, 0.2) is 11.6 Å². The highest BCUT2D eigenvalue weighted by Gasteiger charge is 2.37. The molecule has 29 heavy (non-hydrogen) atoms. The van der Waals surface area contributed by atoms with E-state index >= 15 is 0 Å². The molecule has 2 aromatic carbocycles. The first-order chi connectivity index (χ1) is 14.1. The number of carbonyl (C=O) groups is 2. The van der Waals surface area contributed by atoms with E-state index in [2.05, 4.69) is 5.10 Å². The number of hydrogen-bond acceptors (Lipinski definition) is 6. The van der Waals surface area contributed by atoms with E-state index < -0.39 is 6.04 Å². The lowest BCUT2D eigenvalue weighted by atomic mass is 10.1. The van der Waals surface area contributed by atoms with Gasteiger partial charge in [0.25, 0.3) is 5.56 Å². The minimum absolute atomic E-state index is 0.185. The molecule has 146 valence electrons. The normalized spacial score (nSPS) is 15.1. The smallest absolute Gasteiger partial charge is 0.329 e. The molecule has 0 N–H and O–H groups in total. The van der Waals surface area contributed by atoms with Gasteiger partial charge >= 0.3 is 5.97 Å². The van der Waals surface area contributed by atoms with Crippen LogP contribution >= 0.6 is 0 Å². The molecule has 3 aromatic rings. The van der Waals surface area contributed by atoms with Gasteiger partial charge < -0.3 is 9.64 Å².